The molecule has 0 spiro atoms. The summed E-state index contributed by atoms with van der Waals surface area (Å²) in [5.41, 5.74) is -5.58. The Balaban J connectivity index is 5.73. The number of terminal acetylenes is 1. The van der Waals surface area contributed by atoms with Crippen LogP contribution in [0.1, 0.15) is 0 Å². The normalized spacial score (nSPS) is 14.7. The summed E-state index contributed by atoms with van der Waals surface area (Å²) < 4.78 is 107. The van der Waals surface area contributed by atoms with Gasteiger partial charge in [0, 0.05) is 0 Å². The average molecular weight is 276 g/mol. The van der Waals surface area contributed by atoms with E-state index in [4.69, 9.17) is 0 Å². The molecule has 0 fully saturated rings. The van der Waals surface area contributed by atoms with Crippen LogP contribution in [0.3, 0.4) is 0 Å². The third-order valence-corrected chi connectivity index (χ3v) is 1.73. The Morgan fingerprint density at radius 3 is 1.38 bits per heavy atom. The van der Waals surface area contributed by atoms with Gasteiger partial charge in [0.2, 0.25) is 0 Å². The van der Waals surface area contributed by atoms with E-state index in [2.05, 4.69) is 10.9 Å². The van der Waals surface area contributed by atoms with Crippen molar-refractivity contribution < 1.29 is 43.8 Å². The van der Waals surface area contributed by atoms with Crippen LogP contribution in [0.4, 0.5) is 34.7 Å². The molecule has 0 saturated carbocycles. The van der Waals surface area contributed by atoms with E-state index in [1.165, 1.54) is 0 Å². The van der Waals surface area contributed by atoms with Gasteiger partial charge >= 0.3 is 25.9 Å². The topological polar surface area (TPSA) is 26.3 Å². The molecule has 0 aromatic carbocycles. The van der Waals surface area contributed by atoms with E-state index in [9.17, 15) is 39.3 Å². The van der Waals surface area contributed by atoms with Crippen LogP contribution in [0.25, 0.3) is 0 Å². The number of hydrogen-bond acceptors (Lipinski definition) is 2. The van der Waals surface area contributed by atoms with Crippen LogP contribution in [0.5, 0.6) is 0 Å². The standard InChI is InChI=1S/C5HF8O2P/c1-2-3(4(6,7)8,5(9,10)11)15-16(12,13)14/h1H. The van der Waals surface area contributed by atoms with E-state index < -0.39 is 25.9 Å². The van der Waals surface area contributed by atoms with Crippen molar-refractivity contribution in [2.45, 2.75) is 18.0 Å². The van der Waals surface area contributed by atoms with Gasteiger partial charge in [0.25, 0.3) is 0 Å². The Morgan fingerprint density at radius 2 is 1.31 bits per heavy atom. The van der Waals surface area contributed by atoms with Gasteiger partial charge in [-0.25, -0.2) is 9.09 Å². The molecule has 94 valence electrons. The van der Waals surface area contributed by atoms with Crippen LogP contribution < -0.4 is 0 Å². The van der Waals surface area contributed by atoms with Crippen LogP contribution in [0, 0.1) is 12.3 Å². The zero-order valence-corrected chi connectivity index (χ0v) is 7.76. The van der Waals surface area contributed by atoms with Crippen molar-refractivity contribution in [3.8, 4) is 12.3 Å². The lowest BCUT2D eigenvalue weighted by Gasteiger charge is -2.31. The molecule has 0 rings (SSSR count). The fourth-order valence-corrected chi connectivity index (χ4v) is 1.19. The zero-order valence-electron chi connectivity index (χ0n) is 6.86. The number of rotatable bonds is 2. The van der Waals surface area contributed by atoms with Gasteiger partial charge in [0.05, 0.1) is 0 Å². The van der Waals surface area contributed by atoms with E-state index in [-0.39, 0.29) is 5.92 Å². The van der Waals surface area contributed by atoms with Gasteiger partial charge in [0.15, 0.2) is 0 Å². The third kappa shape index (κ3) is 2.86. The van der Waals surface area contributed by atoms with Gasteiger partial charge in [0.1, 0.15) is 0 Å². The summed E-state index contributed by atoms with van der Waals surface area (Å²) in [4.78, 5) is 0. The van der Waals surface area contributed by atoms with E-state index >= 15 is 0 Å². The van der Waals surface area contributed by atoms with E-state index in [0.717, 1.165) is 0 Å². The summed E-state index contributed by atoms with van der Waals surface area (Å²) in [5.74, 6) is 0.0276. The van der Waals surface area contributed by atoms with Crippen molar-refractivity contribution in [3.05, 3.63) is 0 Å². The fraction of sp³-hybridized carbons (Fsp3) is 0.600. The predicted molar refractivity (Wildman–Crippen MR) is 34.6 cm³/mol. The highest BCUT2D eigenvalue weighted by Crippen LogP contribution is 2.60. The molecule has 11 heteroatoms. The van der Waals surface area contributed by atoms with Gasteiger partial charge in [-0.1, -0.05) is 5.92 Å². The van der Waals surface area contributed by atoms with Gasteiger partial charge in [-0.2, -0.15) is 26.3 Å². The summed E-state index contributed by atoms with van der Waals surface area (Å²) in [6.07, 6.45) is -8.84. The molecule has 0 amide bonds. The Morgan fingerprint density at radius 1 is 1.00 bits per heavy atom. The molecule has 0 atom stereocenters. The highest BCUT2D eigenvalue weighted by molar-refractivity contribution is 7.47. The third-order valence-electron chi connectivity index (χ3n) is 1.24. The SMILES string of the molecule is C#CC(OP(=O)(F)F)(C(F)(F)F)C(F)(F)F. The first kappa shape index (κ1) is 15.2. The lowest BCUT2D eigenvalue weighted by Crippen LogP contribution is -2.56. The van der Waals surface area contributed by atoms with Crippen molar-refractivity contribution in [1.29, 1.82) is 0 Å². The Bertz CT molecular complexity index is 329. The average Bonchev–Trinajstić information content (AvgIpc) is 1.93. The first-order valence-corrected chi connectivity index (χ1v) is 4.49. The smallest absolute Gasteiger partial charge is 0.241 e. The minimum absolute atomic E-state index is 0.0276. The van der Waals surface area contributed by atoms with Gasteiger partial charge in [-0.3, -0.25) is 0 Å². The molecule has 2 nitrogen and oxygen atoms in total. The molecule has 16 heavy (non-hydrogen) atoms. The molecule has 0 aliphatic heterocycles. The summed E-state index contributed by atoms with van der Waals surface area (Å²) in [6.45, 7) is 0. The molecule has 0 aromatic rings. The van der Waals surface area contributed by atoms with E-state index in [1.54, 1.807) is 0 Å². The number of hydrogen-bond donors (Lipinski definition) is 0. The second-order valence-corrected chi connectivity index (χ2v) is 3.34. The molecule has 0 bridgehead atoms. The predicted octanol–water partition coefficient (Wildman–Crippen LogP) is 3.55. The summed E-state index contributed by atoms with van der Waals surface area (Å²) in [7, 11) is -7.08. The summed E-state index contributed by atoms with van der Waals surface area (Å²) in [6, 6.07) is 0. The Hall–Kier alpha value is -0.810. The molecular weight excluding hydrogens is 275 g/mol. The maximum atomic E-state index is 12.0. The number of alkyl halides is 6. The van der Waals surface area contributed by atoms with Crippen LogP contribution in [0.15, 0.2) is 0 Å². The zero-order chi connectivity index (χ0) is 13.4. The molecule has 0 aliphatic rings. The van der Waals surface area contributed by atoms with Crippen LogP contribution in [-0.2, 0) is 9.09 Å². The molecular formula is C5HF8O2P. The molecule has 0 aliphatic carbocycles. The van der Waals surface area contributed by atoms with Crippen LogP contribution >= 0.6 is 7.99 Å². The highest BCUT2D eigenvalue weighted by atomic mass is 31.2. The first-order chi connectivity index (χ1) is 6.77. The Kier molecular flexibility index (Phi) is 3.69. The quantitative estimate of drug-likeness (QED) is 0.438. The van der Waals surface area contributed by atoms with Crippen molar-refractivity contribution in [2.75, 3.05) is 0 Å². The van der Waals surface area contributed by atoms with Gasteiger partial charge in [-0.15, -0.1) is 14.8 Å². The lowest BCUT2D eigenvalue weighted by atomic mass is 10.1. The van der Waals surface area contributed by atoms with Gasteiger partial charge < -0.3 is 0 Å². The van der Waals surface area contributed by atoms with Gasteiger partial charge in [-0.05, 0) is 0 Å². The van der Waals surface area contributed by atoms with Crippen molar-refractivity contribution in [3.63, 3.8) is 0 Å². The van der Waals surface area contributed by atoms with Crippen molar-refractivity contribution in [1.82, 2.24) is 0 Å². The molecule has 0 N–H and O–H groups in total. The molecule has 0 heterocycles. The largest absolute Gasteiger partial charge is 0.554 e. The van der Waals surface area contributed by atoms with E-state index in [0.29, 0.717) is 0 Å². The maximum Gasteiger partial charge on any atom is 0.554 e. The molecule has 0 aromatic heterocycles. The van der Waals surface area contributed by atoms with Crippen LogP contribution in [-0.4, -0.2) is 18.0 Å². The highest BCUT2D eigenvalue weighted by Gasteiger charge is 2.74. The second-order valence-electron chi connectivity index (χ2n) is 2.33. The minimum atomic E-state index is -7.08. The lowest BCUT2D eigenvalue weighted by molar-refractivity contribution is -0.335. The van der Waals surface area contributed by atoms with Crippen molar-refractivity contribution >= 4 is 7.99 Å². The summed E-state index contributed by atoms with van der Waals surface area (Å²) in [5, 5.41) is 0. The maximum absolute atomic E-state index is 12.0. The summed E-state index contributed by atoms with van der Waals surface area (Å²) >= 11 is 0. The number of halogens is 8. The molecule has 0 radical (unpaired) electrons. The molecule has 0 unspecified atom stereocenters. The van der Waals surface area contributed by atoms with Crippen molar-refractivity contribution in [2.24, 2.45) is 0 Å². The second kappa shape index (κ2) is 3.89. The monoisotopic (exact) mass is 276 g/mol. The first-order valence-electron chi connectivity index (χ1n) is 3.08. The van der Waals surface area contributed by atoms with Crippen LogP contribution in [0.2, 0.25) is 0 Å². The molecule has 0 saturated heterocycles. The fourth-order valence-electron chi connectivity index (χ4n) is 0.614. The Labute approximate surface area is 83.3 Å². The minimum Gasteiger partial charge on any atom is -0.241 e. The van der Waals surface area contributed by atoms with E-state index in [1.807, 2.05) is 0 Å².